The third kappa shape index (κ3) is 5.61. The maximum absolute atomic E-state index is 4.95. The first-order chi connectivity index (χ1) is 20.9. The van der Waals surface area contributed by atoms with E-state index in [4.69, 9.17) is 15.0 Å². The van der Waals surface area contributed by atoms with E-state index in [-0.39, 0.29) is 5.41 Å². The fraction of sp³-hybridized carbons (Fsp3) is 0.341. The molecule has 0 spiro atoms. The van der Waals surface area contributed by atoms with Crippen LogP contribution in [-0.2, 0) is 31.1 Å². The second kappa shape index (κ2) is 11.4. The van der Waals surface area contributed by atoms with E-state index in [1.165, 1.54) is 66.9 Å². The first-order valence-corrected chi connectivity index (χ1v) is 16.0. The maximum atomic E-state index is 4.95. The molecule has 3 aromatic heterocycles. The Labute approximate surface area is 263 Å². The second-order valence-corrected chi connectivity index (χ2v) is 13.5. The van der Waals surface area contributed by atoms with Crippen molar-refractivity contribution in [1.82, 2.24) is 15.0 Å². The molecule has 0 aliphatic heterocycles. The van der Waals surface area contributed by atoms with Gasteiger partial charge in [0.15, 0.2) is 0 Å². The zero-order valence-electron chi connectivity index (χ0n) is 27.9. The van der Waals surface area contributed by atoms with Crippen LogP contribution in [-0.4, -0.2) is 15.0 Å². The normalized spacial score (nSPS) is 13.2. The van der Waals surface area contributed by atoms with E-state index in [2.05, 4.69) is 123 Å². The number of aromatic nitrogens is 3. The van der Waals surface area contributed by atoms with Gasteiger partial charge in [-0.05, 0) is 154 Å². The number of hydrogen-bond donors (Lipinski definition) is 0. The van der Waals surface area contributed by atoms with Crippen LogP contribution >= 0.6 is 0 Å². The number of rotatable bonds is 7. The summed E-state index contributed by atoms with van der Waals surface area (Å²) in [7, 11) is 0. The first-order valence-electron chi connectivity index (χ1n) is 16.0. The van der Waals surface area contributed by atoms with Crippen molar-refractivity contribution >= 4 is 0 Å². The zero-order valence-corrected chi connectivity index (χ0v) is 27.9. The topological polar surface area (TPSA) is 38.7 Å². The Kier molecular flexibility index (Phi) is 7.78. The van der Waals surface area contributed by atoms with Crippen LogP contribution in [0, 0.1) is 48.5 Å². The second-order valence-electron chi connectivity index (χ2n) is 13.5. The monoisotopic (exact) mass is 579 g/mol. The average molecular weight is 580 g/mol. The molecular formula is C41H45N3. The molecule has 0 amide bonds. The molecule has 1 aliphatic carbocycles. The van der Waals surface area contributed by atoms with Crippen LogP contribution in [0.4, 0.5) is 0 Å². The van der Waals surface area contributed by atoms with Crippen molar-refractivity contribution in [2.75, 3.05) is 0 Å². The Bertz CT molecular complexity index is 1910. The molecule has 0 N–H and O–H groups in total. The van der Waals surface area contributed by atoms with Crippen molar-refractivity contribution in [3.8, 4) is 22.3 Å². The lowest BCUT2D eigenvalue weighted by atomic mass is 9.82. The van der Waals surface area contributed by atoms with E-state index in [0.29, 0.717) is 0 Å². The van der Waals surface area contributed by atoms with Gasteiger partial charge in [-0.25, -0.2) is 0 Å². The Morgan fingerprint density at radius 1 is 0.523 bits per heavy atom. The molecule has 1 aliphatic rings. The molecule has 0 atom stereocenters. The number of fused-ring (bicyclic) bond motifs is 3. The first kappa shape index (κ1) is 29.9. The summed E-state index contributed by atoms with van der Waals surface area (Å²) in [4.78, 5) is 14.8. The van der Waals surface area contributed by atoms with E-state index in [0.717, 1.165) is 54.2 Å². The van der Waals surface area contributed by atoms with Gasteiger partial charge < -0.3 is 0 Å². The largest absolute Gasteiger partial charge is 0.258 e. The summed E-state index contributed by atoms with van der Waals surface area (Å²) in [5.74, 6) is 0. The van der Waals surface area contributed by atoms with Crippen LogP contribution in [0.5, 0.6) is 0 Å². The van der Waals surface area contributed by atoms with Crippen LogP contribution < -0.4 is 0 Å². The minimum absolute atomic E-state index is 0.0405. The Morgan fingerprint density at radius 2 is 1.09 bits per heavy atom. The highest BCUT2D eigenvalue weighted by Crippen LogP contribution is 2.49. The minimum Gasteiger partial charge on any atom is -0.258 e. The molecule has 0 radical (unpaired) electrons. The maximum Gasteiger partial charge on any atom is 0.0442 e. The summed E-state index contributed by atoms with van der Waals surface area (Å²) in [5, 5.41) is 0. The Morgan fingerprint density at radius 3 is 1.73 bits per heavy atom. The molecule has 44 heavy (non-hydrogen) atoms. The minimum atomic E-state index is 0.0405. The van der Waals surface area contributed by atoms with E-state index in [1.807, 2.05) is 0 Å². The van der Waals surface area contributed by atoms with Crippen molar-refractivity contribution in [3.05, 3.63) is 134 Å². The molecule has 0 unspecified atom stereocenters. The third-order valence-corrected chi connectivity index (χ3v) is 9.93. The van der Waals surface area contributed by atoms with Crippen molar-refractivity contribution < 1.29 is 0 Å². The fourth-order valence-corrected chi connectivity index (χ4v) is 7.05. The number of aryl methyl sites for hydroxylation is 8. The standard InChI is InChI=1S/C41H45N3/c1-24-10-15-38-36(18-24)37-21-31(12-16-39(37)41(38,8)9)11-13-34-22-32(19-25(2)42-34)33-20-26(3)43-35(23-33)14-17-40-29(6)27(4)28(5)30(7)44-40/h10,12,15-16,18-23H,11,13-14,17H2,1-9H3. The lowest BCUT2D eigenvalue weighted by Crippen LogP contribution is -2.14. The van der Waals surface area contributed by atoms with Crippen molar-refractivity contribution in [2.24, 2.45) is 0 Å². The van der Waals surface area contributed by atoms with E-state index >= 15 is 0 Å². The predicted molar refractivity (Wildman–Crippen MR) is 184 cm³/mol. The molecule has 224 valence electrons. The van der Waals surface area contributed by atoms with E-state index in [1.54, 1.807) is 0 Å². The van der Waals surface area contributed by atoms with E-state index in [9.17, 15) is 0 Å². The lowest BCUT2D eigenvalue weighted by Gasteiger charge is -2.21. The van der Waals surface area contributed by atoms with Crippen molar-refractivity contribution in [2.45, 2.75) is 93.4 Å². The van der Waals surface area contributed by atoms with Gasteiger partial charge in [0.1, 0.15) is 0 Å². The summed E-state index contributed by atoms with van der Waals surface area (Å²) in [6.07, 6.45) is 3.64. The molecule has 2 aromatic carbocycles. The van der Waals surface area contributed by atoms with Crippen LogP contribution in [0.25, 0.3) is 22.3 Å². The average Bonchev–Trinajstić information content (AvgIpc) is 3.20. The molecule has 3 heteroatoms. The van der Waals surface area contributed by atoms with E-state index < -0.39 is 0 Å². The molecule has 5 aromatic rings. The van der Waals surface area contributed by atoms with Crippen LogP contribution in [0.1, 0.15) is 87.0 Å². The van der Waals surface area contributed by atoms with Gasteiger partial charge in [-0.3, -0.25) is 15.0 Å². The van der Waals surface area contributed by atoms with Crippen molar-refractivity contribution in [3.63, 3.8) is 0 Å². The van der Waals surface area contributed by atoms with Crippen LogP contribution in [0.15, 0.2) is 60.7 Å². The summed E-state index contributed by atoms with van der Waals surface area (Å²) in [5.41, 5.74) is 21.4. The van der Waals surface area contributed by atoms with Gasteiger partial charge in [0.05, 0.1) is 0 Å². The van der Waals surface area contributed by atoms with Gasteiger partial charge in [-0.1, -0.05) is 55.8 Å². The number of hydrogen-bond acceptors (Lipinski definition) is 3. The molecule has 3 nitrogen and oxygen atoms in total. The highest BCUT2D eigenvalue weighted by atomic mass is 14.7. The molecule has 3 heterocycles. The molecule has 0 saturated carbocycles. The van der Waals surface area contributed by atoms with Crippen molar-refractivity contribution in [1.29, 1.82) is 0 Å². The van der Waals surface area contributed by atoms with Gasteiger partial charge in [-0.15, -0.1) is 0 Å². The summed E-state index contributed by atoms with van der Waals surface area (Å²) in [6, 6.07) is 23.0. The fourth-order valence-electron chi connectivity index (χ4n) is 7.05. The lowest BCUT2D eigenvalue weighted by molar-refractivity contribution is 0.660. The highest BCUT2D eigenvalue weighted by Gasteiger charge is 2.35. The summed E-state index contributed by atoms with van der Waals surface area (Å²) >= 11 is 0. The third-order valence-electron chi connectivity index (χ3n) is 9.93. The number of benzene rings is 2. The molecule has 0 bridgehead atoms. The Balaban J connectivity index is 1.22. The molecular weight excluding hydrogens is 534 g/mol. The molecule has 0 fully saturated rings. The number of nitrogens with zero attached hydrogens (tertiary/aromatic N) is 3. The highest BCUT2D eigenvalue weighted by molar-refractivity contribution is 5.81. The molecule has 6 rings (SSSR count). The van der Waals surface area contributed by atoms with Crippen LogP contribution in [0.2, 0.25) is 0 Å². The summed E-state index contributed by atoms with van der Waals surface area (Å²) in [6.45, 7) is 19.8. The van der Waals surface area contributed by atoms with Gasteiger partial charge in [-0.2, -0.15) is 0 Å². The smallest absolute Gasteiger partial charge is 0.0442 e. The predicted octanol–water partition coefficient (Wildman–Crippen LogP) is 9.57. The SMILES string of the molecule is Cc1ccc2c(c1)-c1cc(CCc3cc(-c4cc(C)nc(CCc5nc(C)c(C)c(C)c5C)c4)cc(C)n3)ccc1C2(C)C. The zero-order chi connectivity index (χ0) is 31.3. The van der Waals surface area contributed by atoms with Gasteiger partial charge >= 0.3 is 0 Å². The van der Waals surface area contributed by atoms with Gasteiger partial charge in [0.2, 0.25) is 0 Å². The van der Waals surface area contributed by atoms with Gasteiger partial charge in [0, 0.05) is 39.6 Å². The van der Waals surface area contributed by atoms with Crippen LogP contribution in [0.3, 0.4) is 0 Å². The number of pyridine rings is 3. The summed E-state index contributed by atoms with van der Waals surface area (Å²) < 4.78 is 0. The molecule has 0 saturated heterocycles. The van der Waals surface area contributed by atoms with Gasteiger partial charge in [0.25, 0.3) is 0 Å². The Hall–Kier alpha value is -4.11. The quantitative estimate of drug-likeness (QED) is 0.193.